The predicted octanol–water partition coefficient (Wildman–Crippen LogP) is -1.37. The monoisotopic (exact) mass is 539 g/mol. The van der Waals surface area contributed by atoms with Crippen LogP contribution in [-0.4, -0.2) is 101 Å². The van der Waals surface area contributed by atoms with Crippen molar-refractivity contribution in [2.75, 3.05) is 26.2 Å². The van der Waals surface area contributed by atoms with Gasteiger partial charge in [-0.15, -0.1) is 0 Å². The third kappa shape index (κ3) is 8.63. The van der Waals surface area contributed by atoms with E-state index >= 15 is 0 Å². The van der Waals surface area contributed by atoms with Crippen molar-refractivity contribution in [3.8, 4) is 0 Å². The smallest absolute Gasteiger partial charge is 0.326 e. The van der Waals surface area contributed by atoms with Gasteiger partial charge in [0.15, 0.2) is 0 Å². The van der Waals surface area contributed by atoms with Gasteiger partial charge in [0.2, 0.25) is 23.6 Å². The lowest BCUT2D eigenvalue weighted by molar-refractivity contribution is -0.149. The van der Waals surface area contributed by atoms with E-state index in [0.29, 0.717) is 77.5 Å². The molecule has 0 unspecified atom stereocenters. The lowest BCUT2D eigenvalue weighted by Crippen LogP contribution is -2.57. The van der Waals surface area contributed by atoms with Crippen molar-refractivity contribution in [1.82, 2.24) is 20.4 Å². The molecule has 0 aromatic heterocycles. The number of carboxylic acid groups (broad SMARTS) is 1. The van der Waals surface area contributed by atoms with Crippen LogP contribution in [0.3, 0.4) is 0 Å². The van der Waals surface area contributed by atoms with Crippen LogP contribution in [0.1, 0.15) is 71.1 Å². The molecule has 9 N–H and O–H groups in total. The fourth-order valence-electron chi connectivity index (χ4n) is 5.06. The fraction of sp³-hybridized carbons (Fsp3) is 0.800. The number of carboxylic acids is 1. The number of hydrogen-bond donors (Lipinski definition) is 6. The first kappa shape index (κ1) is 31.4. The van der Waals surface area contributed by atoms with Gasteiger partial charge in [0.25, 0.3) is 0 Å². The average molecular weight is 540 g/mol. The molecule has 0 spiro atoms. The summed E-state index contributed by atoms with van der Waals surface area (Å²) in [5.74, 6) is -2.83. The molecule has 4 amide bonds. The quantitative estimate of drug-likeness (QED) is 0.135. The SMILES string of the molecule is C[C@H](NC(=O)[C@@H]1CCCN1C(=O)[C@@H](N)CCCCN)C(=O)N[C@@H](CCCCN)C(=O)N1CCC[C@H]1C(=O)O. The molecule has 0 aliphatic carbocycles. The van der Waals surface area contributed by atoms with Gasteiger partial charge in [0.05, 0.1) is 6.04 Å². The standard InChI is InChI=1S/C25H45N7O6/c1-16(29-22(34)19-10-6-14-31(19)23(35)17(28)8-2-4-12-26)21(33)30-18(9-3-5-13-27)24(36)32-15-7-11-20(32)25(37)38/h16-20H,2-15,26-28H2,1H3,(H,29,34)(H,30,33)(H,37,38)/t16-,17-,18-,19-,20-/m0/s1. The van der Waals surface area contributed by atoms with Crippen molar-refractivity contribution in [2.45, 2.75) is 101 Å². The first-order chi connectivity index (χ1) is 18.1. The molecule has 2 heterocycles. The Hall–Kier alpha value is -2.77. The number of nitrogens with two attached hydrogens (primary N) is 3. The van der Waals surface area contributed by atoms with E-state index in [2.05, 4.69) is 10.6 Å². The van der Waals surface area contributed by atoms with E-state index in [-0.39, 0.29) is 5.91 Å². The second-order valence-corrected chi connectivity index (χ2v) is 10.2. The molecule has 2 aliphatic heterocycles. The van der Waals surface area contributed by atoms with Crippen LogP contribution in [0.4, 0.5) is 0 Å². The van der Waals surface area contributed by atoms with E-state index < -0.39 is 53.9 Å². The van der Waals surface area contributed by atoms with Gasteiger partial charge < -0.3 is 42.7 Å². The zero-order valence-corrected chi connectivity index (χ0v) is 22.4. The normalized spacial score (nSPS) is 21.6. The van der Waals surface area contributed by atoms with Crippen LogP contribution in [0.2, 0.25) is 0 Å². The molecule has 2 rings (SSSR count). The number of carbonyl (C=O) groups excluding carboxylic acids is 4. The third-order valence-electron chi connectivity index (χ3n) is 7.26. The van der Waals surface area contributed by atoms with E-state index in [0.717, 1.165) is 12.8 Å². The Morgan fingerprint density at radius 1 is 0.842 bits per heavy atom. The van der Waals surface area contributed by atoms with Gasteiger partial charge in [-0.3, -0.25) is 19.2 Å². The van der Waals surface area contributed by atoms with E-state index in [1.807, 2.05) is 0 Å². The molecule has 13 heteroatoms. The Morgan fingerprint density at radius 3 is 1.97 bits per heavy atom. The number of nitrogens with one attached hydrogen (secondary N) is 2. The van der Waals surface area contributed by atoms with E-state index in [4.69, 9.17) is 17.2 Å². The molecule has 2 aliphatic rings. The van der Waals surface area contributed by atoms with Crippen molar-refractivity contribution < 1.29 is 29.1 Å². The first-order valence-electron chi connectivity index (χ1n) is 13.7. The highest BCUT2D eigenvalue weighted by molar-refractivity contribution is 5.95. The van der Waals surface area contributed by atoms with Gasteiger partial charge in [0.1, 0.15) is 24.2 Å². The fourth-order valence-corrected chi connectivity index (χ4v) is 5.06. The number of rotatable bonds is 15. The Labute approximate surface area is 224 Å². The minimum absolute atomic E-state index is 0.291. The van der Waals surface area contributed by atoms with E-state index in [1.165, 1.54) is 16.7 Å². The van der Waals surface area contributed by atoms with Crippen molar-refractivity contribution in [3.63, 3.8) is 0 Å². The summed E-state index contributed by atoms with van der Waals surface area (Å²) >= 11 is 0. The van der Waals surface area contributed by atoms with Crippen LogP contribution < -0.4 is 27.8 Å². The molecular weight excluding hydrogens is 494 g/mol. The van der Waals surface area contributed by atoms with Crippen molar-refractivity contribution in [3.05, 3.63) is 0 Å². The molecule has 0 bridgehead atoms. The molecule has 2 saturated heterocycles. The van der Waals surface area contributed by atoms with Gasteiger partial charge >= 0.3 is 5.97 Å². The molecule has 0 aromatic carbocycles. The minimum Gasteiger partial charge on any atom is -0.480 e. The summed E-state index contributed by atoms with van der Waals surface area (Å²) in [7, 11) is 0. The highest BCUT2D eigenvalue weighted by Crippen LogP contribution is 2.21. The molecule has 216 valence electrons. The largest absolute Gasteiger partial charge is 0.480 e. The van der Waals surface area contributed by atoms with Crippen molar-refractivity contribution >= 4 is 29.6 Å². The Bertz CT molecular complexity index is 841. The van der Waals surface area contributed by atoms with Crippen LogP contribution >= 0.6 is 0 Å². The van der Waals surface area contributed by atoms with Gasteiger partial charge in [-0.05, 0) is 77.8 Å². The molecule has 38 heavy (non-hydrogen) atoms. The maximum absolute atomic E-state index is 13.2. The minimum atomic E-state index is -1.07. The van der Waals surface area contributed by atoms with E-state index in [9.17, 15) is 29.1 Å². The first-order valence-corrected chi connectivity index (χ1v) is 13.7. The highest BCUT2D eigenvalue weighted by Gasteiger charge is 2.39. The summed E-state index contributed by atoms with van der Waals surface area (Å²) in [5, 5.41) is 14.8. The van der Waals surface area contributed by atoms with Crippen molar-refractivity contribution in [2.24, 2.45) is 17.2 Å². The summed E-state index contributed by atoms with van der Waals surface area (Å²) in [6.07, 6.45) is 5.56. The number of nitrogens with zero attached hydrogens (tertiary/aromatic N) is 2. The second kappa shape index (κ2) is 15.6. The second-order valence-electron chi connectivity index (χ2n) is 10.2. The summed E-state index contributed by atoms with van der Waals surface area (Å²) in [6.45, 7) is 3.18. The van der Waals surface area contributed by atoms with Crippen LogP contribution in [0, 0.1) is 0 Å². The number of amides is 4. The zero-order valence-electron chi connectivity index (χ0n) is 22.4. The van der Waals surface area contributed by atoms with E-state index in [1.54, 1.807) is 0 Å². The maximum atomic E-state index is 13.2. The number of aliphatic carboxylic acids is 1. The van der Waals surface area contributed by atoms with Gasteiger partial charge in [-0.1, -0.05) is 6.42 Å². The number of likely N-dealkylation sites (tertiary alicyclic amines) is 2. The summed E-state index contributed by atoms with van der Waals surface area (Å²) in [6, 6.07) is -4.25. The summed E-state index contributed by atoms with van der Waals surface area (Å²) in [4.78, 5) is 66.4. The molecule has 2 fully saturated rings. The number of unbranched alkanes of at least 4 members (excludes halogenated alkanes) is 2. The molecule has 5 atom stereocenters. The summed E-state index contributed by atoms with van der Waals surface area (Å²) in [5.41, 5.74) is 17.1. The lowest BCUT2D eigenvalue weighted by atomic mass is 10.1. The van der Waals surface area contributed by atoms with Crippen molar-refractivity contribution in [1.29, 1.82) is 0 Å². The molecule has 0 saturated carbocycles. The topological polar surface area (TPSA) is 214 Å². The van der Waals surface area contributed by atoms with Crippen LogP contribution in [0.15, 0.2) is 0 Å². The molecular formula is C25H45N7O6. The van der Waals surface area contributed by atoms with Gasteiger partial charge in [-0.2, -0.15) is 0 Å². The zero-order chi connectivity index (χ0) is 28.2. The third-order valence-corrected chi connectivity index (χ3v) is 7.26. The Kier molecular flexibility index (Phi) is 12.9. The van der Waals surface area contributed by atoms with Crippen LogP contribution in [-0.2, 0) is 24.0 Å². The highest BCUT2D eigenvalue weighted by atomic mass is 16.4. The maximum Gasteiger partial charge on any atom is 0.326 e. The van der Waals surface area contributed by atoms with Gasteiger partial charge in [0, 0.05) is 13.1 Å². The summed E-state index contributed by atoms with van der Waals surface area (Å²) < 4.78 is 0. The van der Waals surface area contributed by atoms with Crippen LogP contribution in [0.25, 0.3) is 0 Å². The lowest BCUT2D eigenvalue weighted by Gasteiger charge is -2.29. The predicted molar refractivity (Wildman–Crippen MR) is 140 cm³/mol. The van der Waals surface area contributed by atoms with Gasteiger partial charge in [-0.25, -0.2) is 4.79 Å². The average Bonchev–Trinajstić information content (AvgIpc) is 3.57. The molecule has 0 aromatic rings. The molecule has 13 nitrogen and oxygen atoms in total. The Morgan fingerprint density at radius 2 is 1.39 bits per heavy atom. The van der Waals surface area contributed by atoms with Crippen LogP contribution in [0.5, 0.6) is 0 Å². The number of hydrogen-bond acceptors (Lipinski definition) is 8. The Balaban J connectivity index is 1.99. The molecule has 0 radical (unpaired) electrons. The number of carbonyl (C=O) groups is 5.